The third-order valence-corrected chi connectivity index (χ3v) is 4.39. The van der Waals surface area contributed by atoms with Crippen molar-refractivity contribution in [2.45, 2.75) is 11.8 Å². The number of benzene rings is 1. The molecule has 1 aromatic carbocycles. The van der Waals surface area contributed by atoms with Crippen LogP contribution in [0.3, 0.4) is 0 Å². The average molecular weight is 348 g/mol. The van der Waals surface area contributed by atoms with Gasteiger partial charge in [0.25, 0.3) is 10.0 Å². The van der Waals surface area contributed by atoms with Gasteiger partial charge in [-0.3, -0.25) is 9.82 Å². The summed E-state index contributed by atoms with van der Waals surface area (Å²) in [6.45, 7) is 1.74. The van der Waals surface area contributed by atoms with Crippen LogP contribution in [-0.4, -0.2) is 31.2 Å². The summed E-state index contributed by atoms with van der Waals surface area (Å²) in [5.41, 5.74) is -0.0799. The lowest BCUT2D eigenvalue weighted by Crippen LogP contribution is -2.16. The molecular formula is C12H11ClFN3O4S. The molecule has 2 aromatic rings. The van der Waals surface area contributed by atoms with Gasteiger partial charge in [0.2, 0.25) is 0 Å². The van der Waals surface area contributed by atoms with Crippen LogP contribution >= 0.6 is 11.6 Å². The molecule has 0 amide bonds. The first-order chi connectivity index (χ1) is 10.3. The quantitative estimate of drug-likeness (QED) is 0.807. The number of hydrogen-bond acceptors (Lipinski definition) is 5. The van der Waals surface area contributed by atoms with E-state index in [4.69, 9.17) is 16.3 Å². The second-order valence-electron chi connectivity index (χ2n) is 4.06. The SMILES string of the molecule is CCOC(=O)c1cn[nH]c1NS(=O)(=O)c1ccc(F)cc1Cl. The summed E-state index contributed by atoms with van der Waals surface area (Å²) in [7, 11) is -4.13. The Labute approximate surface area is 130 Å². The number of ether oxygens (including phenoxy) is 1. The lowest BCUT2D eigenvalue weighted by molar-refractivity contribution is 0.0527. The predicted octanol–water partition coefficient (Wildman–Crippen LogP) is 2.18. The Kier molecular flexibility index (Phi) is 4.67. The highest BCUT2D eigenvalue weighted by atomic mass is 35.5. The first-order valence-electron chi connectivity index (χ1n) is 6.03. The molecule has 0 aliphatic carbocycles. The maximum atomic E-state index is 13.0. The number of anilines is 1. The summed E-state index contributed by atoms with van der Waals surface area (Å²) in [5.74, 6) is -1.57. The fourth-order valence-corrected chi connectivity index (χ4v) is 3.18. The molecule has 0 atom stereocenters. The van der Waals surface area contributed by atoms with Crippen LogP contribution in [0.25, 0.3) is 0 Å². The number of sulfonamides is 1. The Morgan fingerprint density at radius 2 is 2.23 bits per heavy atom. The van der Waals surface area contributed by atoms with Crippen LogP contribution in [-0.2, 0) is 14.8 Å². The number of esters is 1. The van der Waals surface area contributed by atoms with Gasteiger partial charge in [-0.25, -0.2) is 17.6 Å². The second-order valence-corrected chi connectivity index (χ2v) is 6.12. The topological polar surface area (TPSA) is 101 Å². The minimum Gasteiger partial charge on any atom is -0.462 e. The molecule has 10 heteroatoms. The van der Waals surface area contributed by atoms with Crippen LogP contribution in [0.1, 0.15) is 17.3 Å². The largest absolute Gasteiger partial charge is 0.462 e. The molecule has 0 unspecified atom stereocenters. The minimum atomic E-state index is -4.13. The molecule has 0 aliphatic heterocycles. The Bertz CT molecular complexity index is 806. The van der Waals surface area contributed by atoms with Crippen molar-refractivity contribution in [1.82, 2.24) is 10.2 Å². The van der Waals surface area contributed by atoms with Crippen LogP contribution in [0.4, 0.5) is 10.2 Å². The van der Waals surface area contributed by atoms with Crippen molar-refractivity contribution in [3.63, 3.8) is 0 Å². The highest BCUT2D eigenvalue weighted by Crippen LogP contribution is 2.25. The third kappa shape index (κ3) is 3.37. The van der Waals surface area contributed by atoms with Gasteiger partial charge < -0.3 is 4.74 Å². The number of rotatable bonds is 5. The van der Waals surface area contributed by atoms with Crippen molar-refractivity contribution < 1.29 is 22.3 Å². The molecule has 0 aliphatic rings. The second kappa shape index (κ2) is 6.32. The molecule has 0 radical (unpaired) electrons. The lowest BCUT2D eigenvalue weighted by Gasteiger charge is -2.09. The van der Waals surface area contributed by atoms with E-state index in [0.29, 0.717) is 0 Å². The zero-order valence-electron chi connectivity index (χ0n) is 11.3. The van der Waals surface area contributed by atoms with Crippen molar-refractivity contribution in [2.75, 3.05) is 11.3 Å². The molecule has 7 nitrogen and oxygen atoms in total. The summed E-state index contributed by atoms with van der Waals surface area (Å²) >= 11 is 5.73. The van der Waals surface area contributed by atoms with Gasteiger partial charge in [-0.15, -0.1) is 0 Å². The maximum absolute atomic E-state index is 13.0. The van der Waals surface area contributed by atoms with Gasteiger partial charge >= 0.3 is 5.97 Å². The molecule has 0 spiro atoms. The first-order valence-corrected chi connectivity index (χ1v) is 7.89. The van der Waals surface area contributed by atoms with E-state index in [2.05, 4.69) is 14.9 Å². The molecular weight excluding hydrogens is 337 g/mol. The zero-order valence-corrected chi connectivity index (χ0v) is 12.8. The Balaban J connectivity index is 2.34. The van der Waals surface area contributed by atoms with E-state index in [-0.39, 0.29) is 27.9 Å². The monoisotopic (exact) mass is 347 g/mol. The number of aromatic amines is 1. The molecule has 1 heterocycles. The maximum Gasteiger partial charge on any atom is 0.343 e. The number of aromatic nitrogens is 2. The fourth-order valence-electron chi connectivity index (χ4n) is 1.61. The molecule has 0 saturated carbocycles. The molecule has 0 saturated heterocycles. The van der Waals surface area contributed by atoms with Gasteiger partial charge in [-0.05, 0) is 25.1 Å². The number of H-pyrrole nitrogens is 1. The van der Waals surface area contributed by atoms with Gasteiger partial charge in [0.05, 0.1) is 17.8 Å². The number of carbonyl (C=O) groups excluding carboxylic acids is 1. The lowest BCUT2D eigenvalue weighted by atomic mass is 10.3. The van der Waals surface area contributed by atoms with E-state index in [1.54, 1.807) is 6.92 Å². The molecule has 0 fully saturated rings. The summed E-state index contributed by atoms with van der Waals surface area (Å²) in [6, 6.07) is 2.84. The van der Waals surface area contributed by atoms with Gasteiger partial charge in [0.1, 0.15) is 22.1 Å². The zero-order chi connectivity index (χ0) is 16.3. The predicted molar refractivity (Wildman–Crippen MR) is 76.8 cm³/mol. The van der Waals surface area contributed by atoms with E-state index in [0.717, 1.165) is 24.4 Å². The average Bonchev–Trinajstić information content (AvgIpc) is 2.85. The van der Waals surface area contributed by atoms with Crippen LogP contribution in [0.5, 0.6) is 0 Å². The molecule has 0 bridgehead atoms. The fraction of sp³-hybridized carbons (Fsp3) is 0.167. The Morgan fingerprint density at radius 1 is 1.50 bits per heavy atom. The number of hydrogen-bond donors (Lipinski definition) is 2. The van der Waals surface area contributed by atoms with Crippen LogP contribution < -0.4 is 4.72 Å². The molecule has 118 valence electrons. The van der Waals surface area contributed by atoms with Crippen LogP contribution in [0.15, 0.2) is 29.3 Å². The number of nitrogens with one attached hydrogen (secondary N) is 2. The van der Waals surface area contributed by atoms with Gasteiger partial charge in [-0.1, -0.05) is 11.6 Å². The van der Waals surface area contributed by atoms with Crippen molar-refractivity contribution in [2.24, 2.45) is 0 Å². The summed E-state index contributed by atoms with van der Waals surface area (Å²) < 4.78 is 44.4. The Morgan fingerprint density at radius 3 is 2.86 bits per heavy atom. The van der Waals surface area contributed by atoms with E-state index in [9.17, 15) is 17.6 Å². The first kappa shape index (κ1) is 16.2. The normalized spacial score (nSPS) is 11.2. The molecule has 2 rings (SSSR count). The number of nitrogens with zero attached hydrogens (tertiary/aromatic N) is 1. The van der Waals surface area contributed by atoms with E-state index in [1.807, 2.05) is 0 Å². The highest BCUT2D eigenvalue weighted by Gasteiger charge is 2.23. The van der Waals surface area contributed by atoms with Gasteiger partial charge in [0, 0.05) is 0 Å². The van der Waals surface area contributed by atoms with Crippen LogP contribution in [0.2, 0.25) is 5.02 Å². The molecule has 22 heavy (non-hydrogen) atoms. The summed E-state index contributed by atoms with van der Waals surface area (Å²) in [5, 5.41) is 5.65. The minimum absolute atomic E-state index is 0.0799. The van der Waals surface area contributed by atoms with E-state index >= 15 is 0 Å². The van der Waals surface area contributed by atoms with E-state index in [1.165, 1.54) is 0 Å². The molecule has 2 N–H and O–H groups in total. The van der Waals surface area contributed by atoms with Gasteiger partial charge in [-0.2, -0.15) is 5.10 Å². The Hall–Kier alpha value is -2.13. The van der Waals surface area contributed by atoms with E-state index < -0.39 is 21.8 Å². The summed E-state index contributed by atoms with van der Waals surface area (Å²) in [4.78, 5) is 11.3. The highest BCUT2D eigenvalue weighted by molar-refractivity contribution is 7.92. The van der Waals surface area contributed by atoms with Gasteiger partial charge in [0.15, 0.2) is 0 Å². The standard InChI is InChI=1S/C12H11ClFN3O4S/c1-2-21-12(18)8-6-15-16-11(8)17-22(19,20)10-4-3-7(14)5-9(10)13/h3-6H,2H2,1H3,(H2,15,16,17). The van der Waals surface area contributed by atoms with Crippen molar-refractivity contribution >= 4 is 33.4 Å². The van der Waals surface area contributed by atoms with Crippen molar-refractivity contribution in [3.8, 4) is 0 Å². The third-order valence-electron chi connectivity index (χ3n) is 2.55. The van der Waals surface area contributed by atoms with Crippen molar-refractivity contribution in [3.05, 3.63) is 40.8 Å². The number of carbonyl (C=O) groups is 1. The number of halogens is 2. The summed E-state index contributed by atoms with van der Waals surface area (Å²) in [6.07, 6.45) is 1.13. The smallest absolute Gasteiger partial charge is 0.343 e. The van der Waals surface area contributed by atoms with Crippen molar-refractivity contribution in [1.29, 1.82) is 0 Å². The van der Waals surface area contributed by atoms with Crippen LogP contribution in [0, 0.1) is 5.82 Å². The molecule has 1 aromatic heterocycles.